The van der Waals surface area contributed by atoms with Crippen LogP contribution >= 0.6 is 24.0 Å². The lowest BCUT2D eigenvalue weighted by Gasteiger charge is -2.29. The van der Waals surface area contributed by atoms with Gasteiger partial charge in [0.1, 0.15) is 0 Å². The van der Waals surface area contributed by atoms with Gasteiger partial charge in [0, 0.05) is 38.2 Å². The Morgan fingerprint density at radius 1 is 1.32 bits per heavy atom. The summed E-state index contributed by atoms with van der Waals surface area (Å²) in [5.74, 6) is -0.0841. The van der Waals surface area contributed by atoms with Crippen molar-refractivity contribution in [3.8, 4) is 0 Å². The van der Waals surface area contributed by atoms with E-state index in [2.05, 4.69) is 5.32 Å². The Bertz CT molecular complexity index is 519. The van der Waals surface area contributed by atoms with E-state index in [4.69, 9.17) is 11.6 Å². The third kappa shape index (κ3) is 5.48. The summed E-state index contributed by atoms with van der Waals surface area (Å²) < 4.78 is 0. The number of nitrogens with one attached hydrogen (secondary N) is 1. The van der Waals surface area contributed by atoms with Crippen LogP contribution in [0.1, 0.15) is 5.56 Å². The second-order valence-corrected chi connectivity index (χ2v) is 5.62. The van der Waals surface area contributed by atoms with Gasteiger partial charge < -0.3 is 15.1 Å². The predicted molar refractivity (Wildman–Crippen MR) is 89.5 cm³/mol. The quantitative estimate of drug-likeness (QED) is 0.891. The maximum atomic E-state index is 12.1. The summed E-state index contributed by atoms with van der Waals surface area (Å²) in [6.45, 7) is 3.15. The minimum atomic E-state index is -0.0826. The molecule has 7 heteroatoms. The highest BCUT2D eigenvalue weighted by Crippen LogP contribution is 2.11. The summed E-state index contributed by atoms with van der Waals surface area (Å²) in [6, 6.07) is 7.21. The molecule has 1 fully saturated rings. The van der Waals surface area contributed by atoms with E-state index in [1.54, 1.807) is 24.1 Å². The van der Waals surface area contributed by atoms with Crippen LogP contribution in [0.25, 0.3) is 0 Å². The molecule has 1 heterocycles. The van der Waals surface area contributed by atoms with Gasteiger partial charge in [-0.1, -0.05) is 23.7 Å². The maximum Gasteiger partial charge on any atom is 0.242 e. The fourth-order valence-electron chi connectivity index (χ4n) is 2.26. The Kier molecular flexibility index (Phi) is 7.65. The number of hydrogen-bond acceptors (Lipinski definition) is 3. The first-order valence-corrected chi connectivity index (χ1v) is 7.41. The average Bonchev–Trinajstić information content (AvgIpc) is 2.48. The zero-order valence-electron chi connectivity index (χ0n) is 12.5. The number of likely N-dealkylation sites (N-methyl/N-ethyl adjacent to an activating group) is 1. The number of carbonyl (C=O) groups is 2. The molecule has 0 atom stereocenters. The van der Waals surface area contributed by atoms with Gasteiger partial charge in [-0.2, -0.15) is 0 Å². The van der Waals surface area contributed by atoms with Crippen molar-refractivity contribution in [3.63, 3.8) is 0 Å². The first-order valence-electron chi connectivity index (χ1n) is 7.03. The Morgan fingerprint density at radius 2 is 2.00 bits per heavy atom. The molecule has 0 bridgehead atoms. The number of amides is 2. The molecule has 0 aliphatic carbocycles. The van der Waals surface area contributed by atoms with E-state index < -0.39 is 0 Å². The summed E-state index contributed by atoms with van der Waals surface area (Å²) in [4.78, 5) is 27.5. The molecule has 1 aliphatic heterocycles. The smallest absolute Gasteiger partial charge is 0.242 e. The van der Waals surface area contributed by atoms with Crippen LogP contribution in [0.3, 0.4) is 0 Å². The van der Waals surface area contributed by atoms with Gasteiger partial charge in [0.2, 0.25) is 11.8 Å². The molecular formula is C15H21Cl2N3O2. The highest BCUT2D eigenvalue weighted by atomic mass is 35.5. The monoisotopic (exact) mass is 345 g/mol. The number of piperazine rings is 1. The van der Waals surface area contributed by atoms with Crippen LogP contribution in [0.2, 0.25) is 5.02 Å². The van der Waals surface area contributed by atoms with Crippen molar-refractivity contribution in [1.29, 1.82) is 0 Å². The topological polar surface area (TPSA) is 52.7 Å². The largest absolute Gasteiger partial charge is 0.339 e. The van der Waals surface area contributed by atoms with Crippen LogP contribution in [0.5, 0.6) is 0 Å². The molecule has 0 spiro atoms. The molecule has 1 aliphatic rings. The van der Waals surface area contributed by atoms with Gasteiger partial charge in [-0.3, -0.25) is 9.59 Å². The van der Waals surface area contributed by atoms with Gasteiger partial charge >= 0.3 is 0 Å². The van der Waals surface area contributed by atoms with E-state index in [1.807, 2.05) is 12.1 Å². The van der Waals surface area contributed by atoms with Crippen LogP contribution in [-0.2, 0) is 16.0 Å². The van der Waals surface area contributed by atoms with Gasteiger partial charge in [-0.15, -0.1) is 12.4 Å². The van der Waals surface area contributed by atoms with Crippen molar-refractivity contribution in [2.75, 3.05) is 39.8 Å². The molecule has 0 saturated carbocycles. The van der Waals surface area contributed by atoms with Crippen molar-refractivity contribution in [2.45, 2.75) is 6.42 Å². The molecule has 2 rings (SSSR count). The number of carbonyl (C=O) groups excluding carboxylic acids is 2. The summed E-state index contributed by atoms with van der Waals surface area (Å²) in [6.07, 6.45) is 0.256. The van der Waals surface area contributed by atoms with E-state index in [0.717, 1.165) is 18.7 Å². The minimum absolute atomic E-state index is 0. The molecule has 0 radical (unpaired) electrons. The molecule has 1 aromatic rings. The summed E-state index contributed by atoms with van der Waals surface area (Å²) in [5.41, 5.74) is 0.856. The first-order chi connectivity index (χ1) is 10.1. The van der Waals surface area contributed by atoms with E-state index in [9.17, 15) is 9.59 Å². The fourth-order valence-corrected chi connectivity index (χ4v) is 2.47. The number of halogens is 2. The highest BCUT2D eigenvalue weighted by Gasteiger charge is 2.20. The Hall–Kier alpha value is -1.30. The molecule has 1 N–H and O–H groups in total. The molecule has 0 aromatic heterocycles. The zero-order chi connectivity index (χ0) is 15.2. The SMILES string of the molecule is CN(CC(=O)N1CCNCC1)C(=O)Cc1cccc(Cl)c1.Cl. The minimum Gasteiger partial charge on any atom is -0.339 e. The van der Waals surface area contributed by atoms with Crippen molar-refractivity contribution < 1.29 is 9.59 Å². The molecule has 1 aromatic carbocycles. The highest BCUT2D eigenvalue weighted by molar-refractivity contribution is 6.30. The lowest BCUT2D eigenvalue weighted by Crippen LogP contribution is -2.49. The van der Waals surface area contributed by atoms with Gasteiger partial charge in [0.15, 0.2) is 0 Å². The number of rotatable bonds is 4. The zero-order valence-corrected chi connectivity index (χ0v) is 14.1. The molecule has 1 saturated heterocycles. The molecule has 0 unspecified atom stereocenters. The third-order valence-corrected chi connectivity index (χ3v) is 3.75. The summed E-state index contributed by atoms with van der Waals surface area (Å²) in [5, 5.41) is 3.81. The number of nitrogens with zero attached hydrogens (tertiary/aromatic N) is 2. The summed E-state index contributed by atoms with van der Waals surface area (Å²) in [7, 11) is 1.66. The Balaban J connectivity index is 0.00000242. The molecule has 2 amide bonds. The molecule has 5 nitrogen and oxygen atoms in total. The van der Waals surface area contributed by atoms with Crippen molar-refractivity contribution in [2.24, 2.45) is 0 Å². The van der Waals surface area contributed by atoms with Gasteiger partial charge in [-0.25, -0.2) is 0 Å². The van der Waals surface area contributed by atoms with Crippen molar-refractivity contribution >= 4 is 35.8 Å². The van der Waals surface area contributed by atoms with E-state index in [1.165, 1.54) is 4.90 Å². The first kappa shape index (κ1) is 18.7. The van der Waals surface area contributed by atoms with E-state index in [0.29, 0.717) is 18.1 Å². The molecule has 22 heavy (non-hydrogen) atoms. The van der Waals surface area contributed by atoms with Crippen LogP contribution in [-0.4, -0.2) is 61.4 Å². The third-order valence-electron chi connectivity index (χ3n) is 3.51. The van der Waals surface area contributed by atoms with Crippen LogP contribution in [0.4, 0.5) is 0 Å². The van der Waals surface area contributed by atoms with Gasteiger partial charge in [-0.05, 0) is 17.7 Å². The number of benzene rings is 1. The predicted octanol–water partition coefficient (Wildman–Crippen LogP) is 1.19. The maximum absolute atomic E-state index is 12.1. The van der Waals surface area contributed by atoms with E-state index in [-0.39, 0.29) is 37.2 Å². The van der Waals surface area contributed by atoms with Crippen molar-refractivity contribution in [3.05, 3.63) is 34.9 Å². The second-order valence-electron chi connectivity index (χ2n) is 5.19. The van der Waals surface area contributed by atoms with Gasteiger partial charge in [0.25, 0.3) is 0 Å². The normalized spacial score (nSPS) is 14.2. The van der Waals surface area contributed by atoms with Crippen molar-refractivity contribution in [1.82, 2.24) is 15.1 Å². The van der Waals surface area contributed by atoms with Crippen LogP contribution in [0, 0.1) is 0 Å². The fraction of sp³-hybridized carbons (Fsp3) is 0.467. The number of hydrogen-bond donors (Lipinski definition) is 1. The van der Waals surface area contributed by atoms with E-state index >= 15 is 0 Å². The Morgan fingerprint density at radius 3 is 2.64 bits per heavy atom. The average molecular weight is 346 g/mol. The summed E-state index contributed by atoms with van der Waals surface area (Å²) >= 11 is 5.90. The standard InChI is InChI=1S/C15H20ClN3O2.ClH/c1-18(11-15(21)19-7-5-17-6-8-19)14(20)10-12-3-2-4-13(16)9-12;/h2-4,9,17H,5-8,10-11H2,1H3;1H. The Labute approximate surface area is 142 Å². The lowest BCUT2D eigenvalue weighted by atomic mass is 10.1. The molecular weight excluding hydrogens is 325 g/mol. The second kappa shape index (κ2) is 8.98. The molecule has 122 valence electrons. The van der Waals surface area contributed by atoms with Crippen LogP contribution in [0.15, 0.2) is 24.3 Å². The van der Waals surface area contributed by atoms with Gasteiger partial charge in [0.05, 0.1) is 13.0 Å². The van der Waals surface area contributed by atoms with Crippen LogP contribution < -0.4 is 5.32 Å². The lowest BCUT2D eigenvalue weighted by molar-refractivity contribution is -0.139.